The van der Waals surface area contributed by atoms with E-state index in [0.717, 1.165) is 6.42 Å². The largest absolute Gasteiger partial charge is 0.491 e. The quantitative estimate of drug-likeness (QED) is 0.625. The molecule has 0 aliphatic heterocycles. The van der Waals surface area contributed by atoms with Gasteiger partial charge < -0.3 is 4.74 Å². The summed E-state index contributed by atoms with van der Waals surface area (Å²) in [6.07, 6.45) is 5.20. The molecule has 3 nitrogen and oxygen atoms in total. The fourth-order valence-corrected chi connectivity index (χ4v) is 0.542. The van der Waals surface area contributed by atoms with E-state index in [-0.39, 0.29) is 0 Å². The lowest BCUT2D eigenvalue weighted by Crippen LogP contribution is -1.95. The maximum Gasteiger partial charge on any atom is 0.159 e. The van der Waals surface area contributed by atoms with E-state index in [9.17, 15) is 0 Å². The highest BCUT2D eigenvalue weighted by molar-refractivity contribution is 5.10. The van der Waals surface area contributed by atoms with Crippen LogP contribution in [0.4, 0.5) is 0 Å². The Kier molecular flexibility index (Phi) is 2.67. The molecule has 0 aliphatic carbocycles. The van der Waals surface area contributed by atoms with Crippen molar-refractivity contribution in [2.45, 2.75) is 13.3 Å². The third-order valence-corrected chi connectivity index (χ3v) is 0.972. The molecule has 1 aromatic heterocycles. The molecule has 0 saturated heterocycles. The molecule has 0 amide bonds. The van der Waals surface area contributed by atoms with E-state index in [1.165, 1.54) is 0 Å². The van der Waals surface area contributed by atoms with E-state index in [1.54, 1.807) is 12.3 Å². The van der Waals surface area contributed by atoms with Gasteiger partial charge in [-0.25, -0.2) is 0 Å². The summed E-state index contributed by atoms with van der Waals surface area (Å²) in [6.45, 7) is 2.76. The molecule has 0 unspecified atom stereocenters. The highest BCUT2D eigenvalue weighted by Gasteiger charge is 1.89. The highest BCUT2D eigenvalue weighted by Crippen LogP contribution is 2.03. The van der Waals surface area contributed by atoms with Crippen LogP contribution in [0.2, 0.25) is 0 Å². The zero-order valence-electron chi connectivity index (χ0n) is 5.87. The predicted molar refractivity (Wildman–Crippen MR) is 36.7 cm³/mol. The van der Waals surface area contributed by atoms with Crippen LogP contribution in [0.5, 0.6) is 5.75 Å². The van der Waals surface area contributed by atoms with Crippen LogP contribution in [0.25, 0.3) is 0 Å². The van der Waals surface area contributed by atoms with Crippen molar-refractivity contribution in [2.75, 3.05) is 6.61 Å². The second kappa shape index (κ2) is 3.82. The second-order valence-electron chi connectivity index (χ2n) is 1.86. The summed E-state index contributed by atoms with van der Waals surface area (Å²) >= 11 is 0. The molecule has 0 N–H and O–H groups in total. The number of nitrogens with zero attached hydrogens (tertiary/aromatic N) is 2. The van der Waals surface area contributed by atoms with Gasteiger partial charge in [-0.15, -0.1) is 5.10 Å². The van der Waals surface area contributed by atoms with Crippen LogP contribution in [0.15, 0.2) is 12.3 Å². The summed E-state index contributed by atoms with van der Waals surface area (Å²) in [4.78, 5) is 0. The minimum Gasteiger partial charge on any atom is -0.491 e. The van der Waals surface area contributed by atoms with Gasteiger partial charge in [0, 0.05) is 6.07 Å². The predicted octanol–water partition coefficient (Wildman–Crippen LogP) is 1.07. The van der Waals surface area contributed by atoms with Gasteiger partial charge in [0.25, 0.3) is 0 Å². The summed E-state index contributed by atoms with van der Waals surface area (Å²) in [5, 5.41) is 7.11. The molecule has 1 heterocycles. The molecule has 53 valence electrons. The Morgan fingerprint density at radius 2 is 2.60 bits per heavy atom. The number of hydrogen-bond donors (Lipinski definition) is 0. The molecule has 0 spiro atoms. The summed E-state index contributed by atoms with van der Waals surface area (Å²) < 4.78 is 5.20. The fraction of sp³-hybridized carbons (Fsp3) is 0.429. The van der Waals surface area contributed by atoms with Crippen molar-refractivity contribution < 1.29 is 4.74 Å². The van der Waals surface area contributed by atoms with E-state index in [2.05, 4.69) is 23.3 Å². The molecule has 0 saturated carbocycles. The average Bonchev–Trinajstić information content (AvgIpc) is 2.03. The van der Waals surface area contributed by atoms with Gasteiger partial charge in [0.1, 0.15) is 0 Å². The van der Waals surface area contributed by atoms with Crippen molar-refractivity contribution in [1.29, 1.82) is 0 Å². The fourth-order valence-electron chi connectivity index (χ4n) is 0.542. The Morgan fingerprint density at radius 1 is 1.70 bits per heavy atom. The first-order valence-corrected chi connectivity index (χ1v) is 3.25. The Morgan fingerprint density at radius 3 is 3.20 bits per heavy atom. The van der Waals surface area contributed by atoms with Gasteiger partial charge in [-0.1, -0.05) is 6.92 Å². The molecular weight excluding hydrogens is 128 g/mol. The summed E-state index contributed by atoms with van der Waals surface area (Å²) in [7, 11) is 0. The van der Waals surface area contributed by atoms with Crippen LogP contribution in [-0.4, -0.2) is 16.8 Å². The van der Waals surface area contributed by atoms with Gasteiger partial charge in [0.05, 0.1) is 12.8 Å². The van der Waals surface area contributed by atoms with Crippen molar-refractivity contribution in [1.82, 2.24) is 10.2 Å². The lowest BCUT2D eigenvalue weighted by molar-refractivity contribution is 0.314. The first-order valence-electron chi connectivity index (χ1n) is 3.25. The van der Waals surface area contributed by atoms with E-state index >= 15 is 0 Å². The zero-order chi connectivity index (χ0) is 7.23. The van der Waals surface area contributed by atoms with E-state index in [1.807, 2.05) is 0 Å². The molecule has 0 aliphatic rings. The maximum atomic E-state index is 5.20. The topological polar surface area (TPSA) is 35.0 Å². The molecule has 0 atom stereocenters. The third kappa shape index (κ3) is 2.01. The minimum absolute atomic E-state index is 0.664. The number of hydrogen-bond acceptors (Lipinski definition) is 3. The first-order chi connectivity index (χ1) is 4.93. The maximum absolute atomic E-state index is 5.20. The smallest absolute Gasteiger partial charge is 0.159 e. The molecule has 1 radical (unpaired) electrons. The summed E-state index contributed by atoms with van der Waals surface area (Å²) in [5.41, 5.74) is 0. The van der Waals surface area contributed by atoms with E-state index < -0.39 is 0 Å². The molecule has 1 rings (SSSR count). The highest BCUT2D eigenvalue weighted by atomic mass is 16.5. The summed E-state index contributed by atoms with van der Waals surface area (Å²) in [5.74, 6) is 0.664. The molecule has 0 bridgehead atoms. The normalized spacial score (nSPS) is 9.30. The van der Waals surface area contributed by atoms with Crippen molar-refractivity contribution in [3.05, 3.63) is 18.5 Å². The van der Waals surface area contributed by atoms with Crippen LogP contribution >= 0.6 is 0 Å². The zero-order valence-corrected chi connectivity index (χ0v) is 5.87. The van der Waals surface area contributed by atoms with Gasteiger partial charge in [-0.05, 0) is 6.42 Å². The van der Waals surface area contributed by atoms with Crippen molar-refractivity contribution in [3.8, 4) is 5.75 Å². The Hall–Kier alpha value is -1.12. The Labute approximate surface area is 60.0 Å². The van der Waals surface area contributed by atoms with Crippen molar-refractivity contribution in [3.63, 3.8) is 0 Å². The molecule has 1 aromatic rings. The second-order valence-corrected chi connectivity index (χ2v) is 1.86. The van der Waals surface area contributed by atoms with Crippen molar-refractivity contribution in [2.24, 2.45) is 0 Å². The molecular formula is C7H9N2O. The van der Waals surface area contributed by atoms with Gasteiger partial charge in [-0.2, -0.15) is 5.10 Å². The third-order valence-electron chi connectivity index (χ3n) is 0.972. The van der Waals surface area contributed by atoms with Gasteiger partial charge in [0.2, 0.25) is 0 Å². The van der Waals surface area contributed by atoms with Crippen LogP contribution in [0.1, 0.15) is 13.3 Å². The lowest BCUT2D eigenvalue weighted by Gasteiger charge is -1.99. The number of aromatic nitrogens is 2. The standard InChI is InChI=1S/C7H9N2O/c1-2-5-10-7-3-4-8-9-6-7/h3-4H,2,5H2,1H3. The Bertz CT molecular complexity index is 176. The Balaban J connectivity index is 2.43. The SMILES string of the molecule is CCCOc1[c]nncc1. The van der Waals surface area contributed by atoms with E-state index in [4.69, 9.17) is 4.74 Å². The minimum atomic E-state index is 0.664. The summed E-state index contributed by atoms with van der Waals surface area (Å²) in [6, 6.07) is 1.74. The van der Waals surface area contributed by atoms with Gasteiger partial charge in [0.15, 0.2) is 11.9 Å². The lowest BCUT2D eigenvalue weighted by atomic mass is 10.5. The monoisotopic (exact) mass is 137 g/mol. The number of rotatable bonds is 3. The van der Waals surface area contributed by atoms with Crippen LogP contribution in [-0.2, 0) is 0 Å². The molecule has 0 fully saturated rings. The number of ether oxygens (including phenoxy) is 1. The van der Waals surface area contributed by atoms with E-state index in [0.29, 0.717) is 12.4 Å². The van der Waals surface area contributed by atoms with Crippen LogP contribution < -0.4 is 4.74 Å². The van der Waals surface area contributed by atoms with Crippen molar-refractivity contribution >= 4 is 0 Å². The average molecular weight is 137 g/mol. The molecule has 3 heteroatoms. The molecule has 0 aromatic carbocycles. The van der Waals surface area contributed by atoms with Gasteiger partial charge >= 0.3 is 0 Å². The molecule has 10 heavy (non-hydrogen) atoms. The first kappa shape index (κ1) is 6.99. The van der Waals surface area contributed by atoms with Gasteiger partial charge in [-0.3, -0.25) is 0 Å². The van der Waals surface area contributed by atoms with Crippen LogP contribution in [0, 0.1) is 6.20 Å². The van der Waals surface area contributed by atoms with Crippen LogP contribution in [0.3, 0.4) is 0 Å².